The minimum atomic E-state index is 0.224. The molecule has 0 unspecified atom stereocenters. The van der Waals surface area contributed by atoms with Crippen LogP contribution in [0.4, 0.5) is 11.5 Å². The molecule has 1 saturated heterocycles. The highest BCUT2D eigenvalue weighted by Crippen LogP contribution is 2.20. The van der Waals surface area contributed by atoms with Crippen molar-refractivity contribution in [1.29, 1.82) is 0 Å². The maximum absolute atomic E-state index is 5.58. The molecule has 0 aromatic carbocycles. The van der Waals surface area contributed by atoms with E-state index in [0.717, 1.165) is 0 Å². The van der Waals surface area contributed by atoms with Crippen LogP contribution in [0, 0.1) is 6.92 Å². The van der Waals surface area contributed by atoms with Crippen LogP contribution in [0.2, 0.25) is 5.15 Å². The minimum Gasteiger partial charge on any atom is -0.395 e. The second-order valence-corrected chi connectivity index (χ2v) is 4.77. The molecule has 2 rings (SSSR count). The zero-order valence-electron chi connectivity index (χ0n) is 11.1. The Bertz CT molecular complexity index is 350. The number of halogens is 1. The second-order valence-electron chi connectivity index (χ2n) is 4.41. The average molecular weight is 272 g/mol. The predicted molar refractivity (Wildman–Crippen MR) is 76.6 cm³/mol. The fourth-order valence-electron chi connectivity index (χ4n) is 1.81. The number of rotatable bonds is 1. The van der Waals surface area contributed by atoms with Crippen LogP contribution in [0.3, 0.4) is 0 Å². The Balaban J connectivity index is 0.000000184. The highest BCUT2D eigenvalue weighted by molar-refractivity contribution is 6.30. The average Bonchev–Trinajstić information content (AvgIpc) is 2.42. The molecule has 1 aromatic rings. The van der Waals surface area contributed by atoms with Crippen molar-refractivity contribution in [3.05, 3.63) is 10.7 Å². The van der Waals surface area contributed by atoms with Gasteiger partial charge in [-0.25, -0.2) is 0 Å². The van der Waals surface area contributed by atoms with Gasteiger partial charge < -0.3 is 16.4 Å². The van der Waals surface area contributed by atoms with Gasteiger partial charge in [-0.15, -0.1) is 10.2 Å². The zero-order valence-corrected chi connectivity index (χ0v) is 11.9. The molecule has 0 radical (unpaired) electrons. The first-order valence-electron chi connectivity index (χ1n) is 6.32. The van der Waals surface area contributed by atoms with Gasteiger partial charge in [-0.3, -0.25) is 0 Å². The van der Waals surface area contributed by atoms with Crippen molar-refractivity contribution >= 4 is 23.1 Å². The summed E-state index contributed by atoms with van der Waals surface area (Å²) in [5, 5.41) is 7.36. The third-order valence-corrected chi connectivity index (χ3v) is 3.49. The molecule has 0 amide bonds. The van der Waals surface area contributed by atoms with Gasteiger partial charge in [0.05, 0.1) is 5.69 Å². The summed E-state index contributed by atoms with van der Waals surface area (Å²) in [7, 11) is 0. The SMILES string of the molecule is CCN1CCCCC1.Cc1c(Cl)nnc(N)c1N. The van der Waals surface area contributed by atoms with Crippen LogP contribution in [0.15, 0.2) is 0 Å². The van der Waals surface area contributed by atoms with E-state index in [9.17, 15) is 0 Å². The molecule has 4 N–H and O–H groups in total. The fraction of sp³-hybridized carbons (Fsp3) is 0.667. The minimum absolute atomic E-state index is 0.224. The lowest BCUT2D eigenvalue weighted by Gasteiger charge is -2.24. The number of nitrogens with zero attached hydrogens (tertiary/aromatic N) is 3. The highest BCUT2D eigenvalue weighted by atomic mass is 35.5. The van der Waals surface area contributed by atoms with E-state index < -0.39 is 0 Å². The number of likely N-dealkylation sites (tertiary alicyclic amines) is 1. The molecule has 18 heavy (non-hydrogen) atoms. The van der Waals surface area contributed by atoms with Gasteiger partial charge in [0.15, 0.2) is 11.0 Å². The maximum atomic E-state index is 5.58. The third kappa shape index (κ3) is 4.31. The van der Waals surface area contributed by atoms with Crippen LogP contribution in [0.25, 0.3) is 0 Å². The topological polar surface area (TPSA) is 81.1 Å². The third-order valence-electron chi connectivity index (χ3n) is 3.13. The summed E-state index contributed by atoms with van der Waals surface area (Å²) in [5.41, 5.74) is 11.9. The van der Waals surface area contributed by atoms with Crippen LogP contribution >= 0.6 is 11.6 Å². The quantitative estimate of drug-likeness (QED) is 0.817. The monoisotopic (exact) mass is 271 g/mol. The standard InChI is InChI=1S/C7H15N.C5H7ClN4/c1-2-8-6-4-3-5-7-8;1-2-3(7)5(8)10-9-4(2)6/h2-7H2,1H3;1H3,(H2,7,9)(H2,8,10). The molecule has 0 spiro atoms. The summed E-state index contributed by atoms with van der Waals surface area (Å²) in [5.74, 6) is 0.224. The van der Waals surface area contributed by atoms with Gasteiger partial charge in [0.1, 0.15) is 0 Å². The number of nitrogen functional groups attached to an aromatic ring is 2. The molecule has 0 atom stereocenters. The number of nitrogens with two attached hydrogens (primary N) is 2. The van der Waals surface area contributed by atoms with Gasteiger partial charge in [0.2, 0.25) is 0 Å². The summed E-state index contributed by atoms with van der Waals surface area (Å²) in [4.78, 5) is 2.52. The van der Waals surface area contributed by atoms with E-state index in [1.165, 1.54) is 38.9 Å². The van der Waals surface area contributed by atoms with E-state index in [2.05, 4.69) is 22.0 Å². The molecule has 102 valence electrons. The van der Waals surface area contributed by atoms with E-state index >= 15 is 0 Å². The first-order valence-corrected chi connectivity index (χ1v) is 6.70. The molecule has 6 heteroatoms. The maximum Gasteiger partial charge on any atom is 0.169 e. The normalized spacial score (nSPS) is 15.9. The van der Waals surface area contributed by atoms with Crippen molar-refractivity contribution in [3.63, 3.8) is 0 Å². The molecule has 1 aliphatic heterocycles. The Morgan fingerprint density at radius 2 is 1.78 bits per heavy atom. The zero-order chi connectivity index (χ0) is 13.5. The number of hydrogen-bond acceptors (Lipinski definition) is 5. The van der Waals surface area contributed by atoms with Gasteiger partial charge in [0.25, 0.3) is 0 Å². The van der Waals surface area contributed by atoms with Gasteiger partial charge in [-0.1, -0.05) is 24.9 Å². The summed E-state index contributed by atoms with van der Waals surface area (Å²) in [6.07, 6.45) is 4.30. The van der Waals surface area contributed by atoms with E-state index in [4.69, 9.17) is 23.1 Å². The Kier molecular flexibility index (Phi) is 6.15. The number of piperidine rings is 1. The van der Waals surface area contributed by atoms with Crippen LogP contribution < -0.4 is 11.5 Å². The van der Waals surface area contributed by atoms with E-state index in [1.807, 2.05) is 0 Å². The predicted octanol–water partition coefficient (Wildman–Crippen LogP) is 2.10. The molecular weight excluding hydrogens is 250 g/mol. The van der Waals surface area contributed by atoms with E-state index in [-0.39, 0.29) is 5.82 Å². The second kappa shape index (κ2) is 7.38. The lowest BCUT2D eigenvalue weighted by atomic mass is 10.1. The molecule has 2 heterocycles. The summed E-state index contributed by atoms with van der Waals surface area (Å²) >= 11 is 5.58. The number of hydrogen-bond donors (Lipinski definition) is 2. The van der Waals surface area contributed by atoms with Gasteiger partial charge in [-0.05, 0) is 39.4 Å². The van der Waals surface area contributed by atoms with Crippen molar-refractivity contribution in [2.45, 2.75) is 33.1 Å². The first kappa shape index (κ1) is 15.0. The molecule has 1 aromatic heterocycles. The molecule has 1 aliphatic rings. The molecule has 1 fully saturated rings. The molecule has 5 nitrogen and oxygen atoms in total. The molecule has 0 saturated carbocycles. The fourth-order valence-corrected chi connectivity index (χ4v) is 1.95. The van der Waals surface area contributed by atoms with Gasteiger partial charge in [-0.2, -0.15) is 0 Å². The summed E-state index contributed by atoms with van der Waals surface area (Å²) < 4.78 is 0. The van der Waals surface area contributed by atoms with E-state index in [1.54, 1.807) is 6.92 Å². The first-order chi connectivity index (χ1) is 8.56. The van der Waals surface area contributed by atoms with E-state index in [0.29, 0.717) is 16.4 Å². The van der Waals surface area contributed by atoms with Crippen LogP contribution in [-0.4, -0.2) is 34.7 Å². The molecular formula is C12H22ClN5. The molecule has 0 bridgehead atoms. The summed E-state index contributed by atoms with van der Waals surface area (Å²) in [6, 6.07) is 0. The van der Waals surface area contributed by atoms with Gasteiger partial charge >= 0.3 is 0 Å². The molecule has 0 aliphatic carbocycles. The highest BCUT2D eigenvalue weighted by Gasteiger charge is 2.05. The smallest absolute Gasteiger partial charge is 0.169 e. The Morgan fingerprint density at radius 3 is 2.22 bits per heavy atom. The van der Waals surface area contributed by atoms with Crippen molar-refractivity contribution in [3.8, 4) is 0 Å². The Hall–Kier alpha value is -1.07. The van der Waals surface area contributed by atoms with Crippen molar-refractivity contribution in [2.24, 2.45) is 0 Å². The number of anilines is 2. The summed E-state index contributed by atoms with van der Waals surface area (Å²) in [6.45, 7) is 7.92. The van der Waals surface area contributed by atoms with Crippen LogP contribution in [-0.2, 0) is 0 Å². The van der Waals surface area contributed by atoms with Crippen molar-refractivity contribution in [2.75, 3.05) is 31.1 Å². The number of aromatic nitrogens is 2. The van der Waals surface area contributed by atoms with Crippen LogP contribution in [0.5, 0.6) is 0 Å². The lowest BCUT2D eigenvalue weighted by Crippen LogP contribution is -2.29. The van der Waals surface area contributed by atoms with Crippen molar-refractivity contribution in [1.82, 2.24) is 15.1 Å². The Labute approximate surface area is 114 Å². The van der Waals surface area contributed by atoms with Crippen molar-refractivity contribution < 1.29 is 0 Å². The lowest BCUT2D eigenvalue weighted by molar-refractivity contribution is 0.240. The van der Waals surface area contributed by atoms with Crippen LogP contribution in [0.1, 0.15) is 31.7 Å². The van der Waals surface area contributed by atoms with Gasteiger partial charge in [0, 0.05) is 5.56 Å². The largest absolute Gasteiger partial charge is 0.395 e. The Morgan fingerprint density at radius 1 is 1.17 bits per heavy atom.